The Kier molecular flexibility index (Phi) is 5.23. The number of aliphatic hydroxyl groups is 4. The number of rotatable bonds is 4. The van der Waals surface area contributed by atoms with Crippen LogP contribution < -0.4 is 0 Å². The Labute approximate surface area is 121 Å². The van der Waals surface area contributed by atoms with Crippen molar-refractivity contribution in [3.63, 3.8) is 0 Å². The van der Waals surface area contributed by atoms with Crippen molar-refractivity contribution in [3.8, 4) is 0 Å². The Bertz CT molecular complexity index is 488. The summed E-state index contributed by atoms with van der Waals surface area (Å²) in [5.41, 5.74) is 0.182. The van der Waals surface area contributed by atoms with Gasteiger partial charge in [-0.2, -0.15) is 0 Å². The highest BCUT2D eigenvalue weighted by atomic mass is 19.1. The van der Waals surface area contributed by atoms with Gasteiger partial charge in [-0.15, -0.1) is 0 Å². The van der Waals surface area contributed by atoms with Gasteiger partial charge in [0.15, 0.2) is 0 Å². The number of aliphatic hydroxyl groups excluding tert-OH is 4. The van der Waals surface area contributed by atoms with Crippen LogP contribution in [0.3, 0.4) is 0 Å². The van der Waals surface area contributed by atoms with Gasteiger partial charge in [-0.3, -0.25) is 4.90 Å². The molecule has 0 aromatic heterocycles. The molecule has 0 spiro atoms. The maximum Gasteiger partial charge on any atom is 0.126 e. The van der Waals surface area contributed by atoms with Crippen LogP contribution in [0.15, 0.2) is 18.2 Å². The van der Waals surface area contributed by atoms with E-state index in [4.69, 9.17) is 0 Å². The van der Waals surface area contributed by atoms with E-state index in [2.05, 4.69) is 0 Å². The Morgan fingerprint density at radius 1 is 1.14 bits per heavy atom. The molecule has 0 aliphatic carbocycles. The third-order valence-electron chi connectivity index (χ3n) is 3.89. The quantitative estimate of drug-likeness (QED) is 0.589. The number of nitrogens with zero attached hydrogens (tertiary/aromatic N) is 1. The number of piperidine rings is 1. The molecule has 7 heteroatoms. The number of likely N-dealkylation sites (tertiary alicyclic amines) is 1. The van der Waals surface area contributed by atoms with Gasteiger partial charge in [-0.25, -0.2) is 8.78 Å². The van der Waals surface area contributed by atoms with Crippen LogP contribution in [0.4, 0.5) is 8.78 Å². The molecule has 4 N–H and O–H groups in total. The number of β-amino-alcohol motifs (C(OH)–C–C–N with tert-alkyl or cyclic N) is 1. The topological polar surface area (TPSA) is 84.2 Å². The normalized spacial score (nSPS) is 30.6. The average Bonchev–Trinajstić information content (AvgIpc) is 2.46. The van der Waals surface area contributed by atoms with Gasteiger partial charge in [-0.05, 0) is 30.2 Å². The summed E-state index contributed by atoms with van der Waals surface area (Å²) in [5.74, 6) is -1.07. The van der Waals surface area contributed by atoms with Crippen LogP contribution in [-0.2, 0) is 6.42 Å². The predicted octanol–water partition coefficient (Wildman–Crippen LogP) is -0.734. The first kappa shape index (κ1) is 16.3. The molecule has 118 valence electrons. The van der Waals surface area contributed by atoms with Crippen LogP contribution in [0.2, 0.25) is 0 Å². The maximum absolute atomic E-state index is 13.5. The first-order valence-electron chi connectivity index (χ1n) is 6.77. The van der Waals surface area contributed by atoms with Gasteiger partial charge in [0.05, 0.1) is 18.8 Å². The summed E-state index contributed by atoms with van der Waals surface area (Å²) in [6.45, 7) is -0.149. The van der Waals surface area contributed by atoms with Crippen LogP contribution in [0, 0.1) is 11.6 Å². The van der Waals surface area contributed by atoms with Crippen molar-refractivity contribution in [1.82, 2.24) is 4.90 Å². The molecule has 0 unspecified atom stereocenters. The van der Waals surface area contributed by atoms with Gasteiger partial charge in [0, 0.05) is 13.1 Å². The van der Waals surface area contributed by atoms with Gasteiger partial charge in [0.1, 0.15) is 23.8 Å². The number of benzene rings is 1. The highest BCUT2D eigenvalue weighted by molar-refractivity contribution is 5.19. The SMILES string of the molecule is OC[C@H]1[C@@H](O)[C@H](O)[C@@H](O)CN1CCc1cc(F)ccc1F. The molecule has 0 saturated carbocycles. The van der Waals surface area contributed by atoms with Crippen molar-refractivity contribution in [2.45, 2.75) is 30.8 Å². The van der Waals surface area contributed by atoms with Crippen molar-refractivity contribution in [3.05, 3.63) is 35.4 Å². The fourth-order valence-corrected chi connectivity index (χ4v) is 2.63. The van der Waals surface area contributed by atoms with Crippen LogP contribution in [0.1, 0.15) is 5.56 Å². The molecular formula is C14H19F2NO4. The minimum atomic E-state index is -1.33. The fraction of sp³-hybridized carbons (Fsp3) is 0.571. The van der Waals surface area contributed by atoms with E-state index in [1.165, 1.54) is 0 Å². The minimum Gasteiger partial charge on any atom is -0.395 e. The van der Waals surface area contributed by atoms with E-state index in [1.54, 1.807) is 4.90 Å². The van der Waals surface area contributed by atoms with Crippen molar-refractivity contribution in [2.75, 3.05) is 19.7 Å². The van der Waals surface area contributed by atoms with Crippen LogP contribution in [-0.4, -0.2) is 69.4 Å². The zero-order valence-electron chi connectivity index (χ0n) is 11.4. The Morgan fingerprint density at radius 3 is 2.52 bits per heavy atom. The van der Waals surface area contributed by atoms with E-state index in [0.29, 0.717) is 0 Å². The molecular weight excluding hydrogens is 284 g/mol. The van der Waals surface area contributed by atoms with Gasteiger partial charge >= 0.3 is 0 Å². The molecule has 1 aromatic carbocycles. The smallest absolute Gasteiger partial charge is 0.126 e. The molecule has 4 atom stereocenters. The molecule has 5 nitrogen and oxygen atoms in total. The van der Waals surface area contributed by atoms with Gasteiger partial charge in [0.2, 0.25) is 0 Å². The Morgan fingerprint density at radius 2 is 1.86 bits per heavy atom. The molecule has 1 aliphatic heterocycles. The van der Waals surface area contributed by atoms with E-state index in [9.17, 15) is 29.2 Å². The third kappa shape index (κ3) is 3.56. The van der Waals surface area contributed by atoms with E-state index < -0.39 is 42.6 Å². The predicted molar refractivity (Wildman–Crippen MR) is 70.5 cm³/mol. The van der Waals surface area contributed by atoms with Crippen LogP contribution in [0.5, 0.6) is 0 Å². The lowest BCUT2D eigenvalue weighted by molar-refractivity contribution is -0.144. The van der Waals surface area contributed by atoms with Gasteiger partial charge in [-0.1, -0.05) is 0 Å². The molecule has 1 aromatic rings. The van der Waals surface area contributed by atoms with E-state index >= 15 is 0 Å². The molecule has 1 heterocycles. The van der Waals surface area contributed by atoms with Crippen molar-refractivity contribution >= 4 is 0 Å². The Hall–Kier alpha value is -1.12. The first-order valence-corrected chi connectivity index (χ1v) is 6.77. The van der Waals surface area contributed by atoms with Crippen molar-refractivity contribution < 1.29 is 29.2 Å². The molecule has 0 radical (unpaired) electrons. The lowest BCUT2D eigenvalue weighted by Gasteiger charge is -2.43. The summed E-state index contributed by atoms with van der Waals surface area (Å²) in [7, 11) is 0. The summed E-state index contributed by atoms with van der Waals surface area (Å²) < 4.78 is 26.6. The molecule has 1 aliphatic rings. The molecule has 2 rings (SSSR count). The van der Waals surface area contributed by atoms with Gasteiger partial charge < -0.3 is 20.4 Å². The summed E-state index contributed by atoms with van der Waals surface area (Å²) >= 11 is 0. The monoisotopic (exact) mass is 303 g/mol. The summed E-state index contributed by atoms with van der Waals surface area (Å²) in [6, 6.07) is 2.41. The second kappa shape index (κ2) is 6.76. The molecule has 1 fully saturated rings. The minimum absolute atomic E-state index is 0.0421. The first-order chi connectivity index (χ1) is 9.93. The van der Waals surface area contributed by atoms with E-state index in [-0.39, 0.29) is 25.1 Å². The standard InChI is InChI=1S/C14H19F2NO4/c15-9-1-2-10(16)8(5-9)3-4-17-6-12(19)14(21)13(20)11(17)7-18/h1-2,5,11-14,18-21H,3-4,6-7H2/t11-,12-,13+,14+/m0/s1. The second-order valence-electron chi connectivity index (χ2n) is 5.28. The lowest BCUT2D eigenvalue weighted by Crippen LogP contribution is -2.62. The maximum atomic E-state index is 13.5. The summed E-state index contributed by atoms with van der Waals surface area (Å²) in [4.78, 5) is 1.56. The molecule has 21 heavy (non-hydrogen) atoms. The molecule has 0 bridgehead atoms. The third-order valence-corrected chi connectivity index (χ3v) is 3.89. The fourth-order valence-electron chi connectivity index (χ4n) is 2.63. The highest BCUT2D eigenvalue weighted by Gasteiger charge is 2.40. The zero-order chi connectivity index (χ0) is 15.6. The number of hydrogen-bond donors (Lipinski definition) is 4. The average molecular weight is 303 g/mol. The highest BCUT2D eigenvalue weighted by Crippen LogP contribution is 2.20. The van der Waals surface area contributed by atoms with Crippen LogP contribution in [0.25, 0.3) is 0 Å². The number of halogens is 2. The Balaban J connectivity index is 2.05. The van der Waals surface area contributed by atoms with E-state index in [0.717, 1.165) is 18.2 Å². The lowest BCUT2D eigenvalue weighted by atomic mass is 9.94. The number of hydrogen-bond acceptors (Lipinski definition) is 5. The second-order valence-corrected chi connectivity index (χ2v) is 5.28. The summed E-state index contributed by atoms with van der Waals surface area (Å²) in [6.07, 6.45) is -3.61. The van der Waals surface area contributed by atoms with Crippen molar-refractivity contribution in [1.29, 1.82) is 0 Å². The molecule has 1 saturated heterocycles. The van der Waals surface area contributed by atoms with Crippen LogP contribution >= 0.6 is 0 Å². The summed E-state index contributed by atoms with van der Waals surface area (Å²) in [5, 5.41) is 38.4. The molecule has 0 amide bonds. The van der Waals surface area contributed by atoms with E-state index in [1.807, 2.05) is 0 Å². The largest absolute Gasteiger partial charge is 0.395 e. The zero-order valence-corrected chi connectivity index (χ0v) is 11.4. The van der Waals surface area contributed by atoms with Crippen molar-refractivity contribution in [2.24, 2.45) is 0 Å². The van der Waals surface area contributed by atoms with Gasteiger partial charge in [0.25, 0.3) is 0 Å².